The molecule has 1 unspecified atom stereocenters. The molecule has 114 valence electrons. The number of benzene rings is 1. The van der Waals surface area contributed by atoms with Crippen LogP contribution in [-0.4, -0.2) is 31.1 Å². The van der Waals surface area contributed by atoms with E-state index in [0.29, 0.717) is 16.3 Å². The van der Waals surface area contributed by atoms with Crippen molar-refractivity contribution in [2.45, 2.75) is 43.7 Å². The lowest BCUT2D eigenvalue weighted by Gasteiger charge is -2.48. The topological polar surface area (TPSA) is 50.4 Å². The summed E-state index contributed by atoms with van der Waals surface area (Å²) in [4.78, 5) is 12.5. The number of rotatable bonds is 3. The fraction of sp³-hybridized carbons (Fsp3) is 0.562. The fourth-order valence-corrected chi connectivity index (χ4v) is 3.56. The zero-order valence-electron chi connectivity index (χ0n) is 12.2. The number of halogens is 1. The van der Waals surface area contributed by atoms with Crippen molar-refractivity contribution in [3.05, 3.63) is 28.8 Å². The molecule has 1 saturated carbocycles. The molecule has 1 aromatic carbocycles. The fourth-order valence-electron chi connectivity index (χ4n) is 3.39. The van der Waals surface area contributed by atoms with Crippen LogP contribution < -0.4 is 15.4 Å². The Morgan fingerprint density at radius 2 is 2.29 bits per heavy atom. The quantitative estimate of drug-likeness (QED) is 0.903. The van der Waals surface area contributed by atoms with E-state index in [1.54, 1.807) is 25.3 Å². The summed E-state index contributed by atoms with van der Waals surface area (Å²) in [6, 6.07) is 5.34. The first-order valence-electron chi connectivity index (χ1n) is 7.51. The maximum Gasteiger partial charge on any atom is 0.255 e. The van der Waals surface area contributed by atoms with Crippen molar-refractivity contribution in [2.75, 3.05) is 13.7 Å². The summed E-state index contributed by atoms with van der Waals surface area (Å²) >= 11 is 5.99. The zero-order chi connectivity index (χ0) is 14.9. The Labute approximate surface area is 130 Å². The van der Waals surface area contributed by atoms with Gasteiger partial charge in [-0.25, -0.2) is 0 Å². The lowest BCUT2D eigenvalue weighted by atomic mass is 9.70. The van der Waals surface area contributed by atoms with Crippen molar-refractivity contribution < 1.29 is 9.53 Å². The summed E-state index contributed by atoms with van der Waals surface area (Å²) < 4.78 is 5.25. The molecule has 2 N–H and O–H groups in total. The minimum atomic E-state index is -0.101. The van der Waals surface area contributed by atoms with Crippen molar-refractivity contribution in [2.24, 2.45) is 0 Å². The number of hydrogen-bond acceptors (Lipinski definition) is 3. The van der Waals surface area contributed by atoms with Crippen molar-refractivity contribution in [1.29, 1.82) is 0 Å². The van der Waals surface area contributed by atoms with Crippen LogP contribution >= 0.6 is 11.6 Å². The molecular weight excluding hydrogens is 288 g/mol. The normalized spacial score (nSPS) is 23.4. The molecule has 1 aliphatic carbocycles. The minimum absolute atomic E-state index is 0.101. The lowest BCUT2D eigenvalue weighted by Crippen LogP contribution is -2.59. The summed E-state index contributed by atoms with van der Waals surface area (Å²) in [7, 11) is 1.56. The van der Waals surface area contributed by atoms with E-state index in [-0.39, 0.29) is 17.5 Å². The van der Waals surface area contributed by atoms with Crippen molar-refractivity contribution in [3.8, 4) is 5.75 Å². The van der Waals surface area contributed by atoms with Gasteiger partial charge in [-0.05, 0) is 56.8 Å². The highest BCUT2D eigenvalue weighted by Crippen LogP contribution is 2.38. The smallest absolute Gasteiger partial charge is 0.255 e. The standard InChI is InChI=1S/C16H21ClN2O2/c1-21-14-4-3-11(17)9-13(14)15(20)19-12-5-8-18-16(10-12)6-2-7-16/h3-4,9,12,18H,2,5-8,10H2,1H3,(H,19,20). The van der Waals surface area contributed by atoms with Gasteiger partial charge in [0, 0.05) is 16.6 Å². The third-order valence-electron chi connectivity index (χ3n) is 4.68. The summed E-state index contributed by atoms with van der Waals surface area (Å²) in [6.07, 6.45) is 5.72. The average molecular weight is 309 g/mol. The zero-order valence-corrected chi connectivity index (χ0v) is 13.0. The highest BCUT2D eigenvalue weighted by atomic mass is 35.5. The number of hydrogen-bond donors (Lipinski definition) is 2. The molecule has 1 heterocycles. The van der Waals surface area contributed by atoms with Crippen molar-refractivity contribution in [3.63, 3.8) is 0 Å². The molecule has 1 aliphatic heterocycles. The van der Waals surface area contributed by atoms with E-state index < -0.39 is 0 Å². The van der Waals surface area contributed by atoms with Crippen molar-refractivity contribution >= 4 is 17.5 Å². The molecular formula is C16H21ClN2O2. The maximum absolute atomic E-state index is 12.5. The molecule has 4 nitrogen and oxygen atoms in total. The third-order valence-corrected chi connectivity index (χ3v) is 4.92. The Kier molecular flexibility index (Phi) is 4.09. The Bertz CT molecular complexity index is 543. The monoisotopic (exact) mass is 308 g/mol. The van der Waals surface area contributed by atoms with Gasteiger partial charge >= 0.3 is 0 Å². The van der Waals surface area contributed by atoms with Gasteiger partial charge in [-0.1, -0.05) is 11.6 Å². The summed E-state index contributed by atoms with van der Waals surface area (Å²) in [5, 5.41) is 7.30. The Morgan fingerprint density at radius 3 is 2.95 bits per heavy atom. The van der Waals surface area contributed by atoms with Crippen LogP contribution in [0.25, 0.3) is 0 Å². The van der Waals surface area contributed by atoms with Gasteiger partial charge in [0.25, 0.3) is 5.91 Å². The third kappa shape index (κ3) is 3.01. The molecule has 0 radical (unpaired) electrons. The summed E-state index contributed by atoms with van der Waals surface area (Å²) in [6.45, 7) is 0.970. The Hall–Kier alpha value is -1.26. The van der Waals surface area contributed by atoms with Gasteiger partial charge in [0.1, 0.15) is 5.75 Å². The van der Waals surface area contributed by atoms with Crippen LogP contribution in [-0.2, 0) is 0 Å². The van der Waals surface area contributed by atoms with Gasteiger partial charge in [0.15, 0.2) is 0 Å². The molecule has 5 heteroatoms. The molecule has 2 fully saturated rings. The highest BCUT2D eigenvalue weighted by molar-refractivity contribution is 6.31. The van der Waals surface area contributed by atoms with Gasteiger partial charge in [-0.15, -0.1) is 0 Å². The maximum atomic E-state index is 12.5. The molecule has 1 atom stereocenters. The molecule has 3 rings (SSSR count). The van der Waals surface area contributed by atoms with E-state index in [4.69, 9.17) is 16.3 Å². The van der Waals surface area contributed by atoms with Crippen LogP contribution in [0.1, 0.15) is 42.5 Å². The van der Waals surface area contributed by atoms with Crippen LogP contribution in [0.15, 0.2) is 18.2 Å². The SMILES string of the molecule is COc1ccc(Cl)cc1C(=O)NC1CCNC2(CCC2)C1. The van der Waals surface area contributed by atoms with Crippen LogP contribution in [0.5, 0.6) is 5.75 Å². The van der Waals surface area contributed by atoms with Gasteiger partial charge < -0.3 is 15.4 Å². The number of carbonyl (C=O) groups is 1. The number of methoxy groups -OCH3 is 1. The molecule has 1 amide bonds. The van der Waals surface area contributed by atoms with Crippen LogP contribution in [0, 0.1) is 0 Å². The lowest BCUT2D eigenvalue weighted by molar-refractivity contribution is 0.0850. The molecule has 1 saturated heterocycles. The van der Waals surface area contributed by atoms with E-state index in [1.165, 1.54) is 19.3 Å². The largest absolute Gasteiger partial charge is 0.496 e. The number of amides is 1. The van der Waals surface area contributed by atoms with E-state index in [1.807, 2.05) is 0 Å². The van der Waals surface area contributed by atoms with Crippen LogP contribution in [0.2, 0.25) is 5.02 Å². The predicted molar refractivity (Wildman–Crippen MR) is 83.1 cm³/mol. The highest BCUT2D eigenvalue weighted by Gasteiger charge is 2.41. The van der Waals surface area contributed by atoms with E-state index in [2.05, 4.69) is 10.6 Å². The molecule has 21 heavy (non-hydrogen) atoms. The Morgan fingerprint density at radius 1 is 1.48 bits per heavy atom. The molecule has 0 bridgehead atoms. The Balaban J connectivity index is 1.70. The van der Waals surface area contributed by atoms with Gasteiger partial charge in [-0.3, -0.25) is 4.79 Å². The van der Waals surface area contributed by atoms with E-state index in [9.17, 15) is 4.79 Å². The van der Waals surface area contributed by atoms with Gasteiger partial charge in [0.2, 0.25) is 0 Å². The second-order valence-corrected chi connectivity index (χ2v) is 6.50. The first kappa shape index (κ1) is 14.7. The van der Waals surface area contributed by atoms with E-state index >= 15 is 0 Å². The number of carbonyl (C=O) groups excluding carboxylic acids is 1. The summed E-state index contributed by atoms with van der Waals surface area (Å²) in [5.41, 5.74) is 0.778. The van der Waals surface area contributed by atoms with Gasteiger partial charge in [0.05, 0.1) is 12.7 Å². The first-order chi connectivity index (χ1) is 10.1. The molecule has 1 aromatic rings. The second kappa shape index (κ2) is 5.85. The van der Waals surface area contributed by atoms with Crippen molar-refractivity contribution in [1.82, 2.24) is 10.6 Å². The number of nitrogens with one attached hydrogen (secondary N) is 2. The minimum Gasteiger partial charge on any atom is -0.496 e. The second-order valence-electron chi connectivity index (χ2n) is 6.07. The van der Waals surface area contributed by atoms with Crippen LogP contribution in [0.4, 0.5) is 0 Å². The molecule has 1 spiro atoms. The summed E-state index contributed by atoms with van der Waals surface area (Å²) in [5.74, 6) is 0.458. The molecule has 0 aromatic heterocycles. The molecule has 2 aliphatic rings. The first-order valence-corrected chi connectivity index (χ1v) is 7.89. The van der Waals surface area contributed by atoms with Crippen LogP contribution in [0.3, 0.4) is 0 Å². The number of piperidine rings is 1. The van der Waals surface area contributed by atoms with E-state index in [0.717, 1.165) is 19.4 Å². The average Bonchev–Trinajstić information content (AvgIpc) is 2.46. The van der Waals surface area contributed by atoms with Gasteiger partial charge in [-0.2, -0.15) is 0 Å². The predicted octanol–water partition coefficient (Wildman–Crippen LogP) is 2.75. The number of ether oxygens (including phenoxy) is 1.